The molecule has 0 amide bonds. The van der Waals surface area contributed by atoms with E-state index in [9.17, 15) is 4.79 Å². The van der Waals surface area contributed by atoms with Gasteiger partial charge in [-0.3, -0.25) is 4.79 Å². The molecule has 0 unspecified atom stereocenters. The Kier molecular flexibility index (Phi) is 4.97. The lowest BCUT2D eigenvalue weighted by atomic mass is 9.86. The van der Waals surface area contributed by atoms with Gasteiger partial charge in [-0.25, -0.2) is 0 Å². The molecule has 1 aromatic heterocycles. The van der Waals surface area contributed by atoms with E-state index in [1.54, 1.807) is 0 Å². The van der Waals surface area contributed by atoms with Crippen molar-refractivity contribution in [3.8, 4) is 0 Å². The Hall–Kier alpha value is -1.40. The quantitative estimate of drug-likeness (QED) is 0.593. The molecule has 0 saturated heterocycles. The predicted octanol–water partition coefficient (Wildman–Crippen LogP) is 4.77. The number of rotatable bonds is 6. The minimum Gasteiger partial charge on any atom is -0.357 e. The molecule has 1 N–H and O–H groups in total. The standard InChI is InChI=1S/C18H23N3OS2/c1-11(23-17-21-20-16(24-17)19-14-9-10-14)15(22)12-5-7-13(8-6-12)18(2,3)4/h5-8,11,14H,9-10H2,1-4H3,(H,19,20)/t11-/m0/s1. The van der Waals surface area contributed by atoms with Crippen molar-refractivity contribution in [3.63, 3.8) is 0 Å². The van der Waals surface area contributed by atoms with Crippen molar-refractivity contribution in [3.05, 3.63) is 35.4 Å². The summed E-state index contributed by atoms with van der Waals surface area (Å²) >= 11 is 3.01. The Bertz CT molecular complexity index is 715. The van der Waals surface area contributed by atoms with Crippen LogP contribution in [0, 0.1) is 0 Å². The highest BCUT2D eigenvalue weighted by molar-refractivity contribution is 8.02. The second kappa shape index (κ2) is 6.84. The van der Waals surface area contributed by atoms with E-state index in [0.717, 1.165) is 15.0 Å². The van der Waals surface area contributed by atoms with Crippen LogP contribution in [0.2, 0.25) is 0 Å². The van der Waals surface area contributed by atoms with E-state index in [0.29, 0.717) is 6.04 Å². The van der Waals surface area contributed by atoms with Crippen LogP contribution in [-0.2, 0) is 5.41 Å². The molecule has 6 heteroatoms. The smallest absolute Gasteiger partial charge is 0.206 e. The van der Waals surface area contributed by atoms with Gasteiger partial charge < -0.3 is 5.32 Å². The van der Waals surface area contributed by atoms with Crippen molar-refractivity contribution in [2.75, 3.05) is 5.32 Å². The molecule has 2 aromatic rings. The number of benzene rings is 1. The average molecular weight is 362 g/mol. The van der Waals surface area contributed by atoms with Crippen LogP contribution in [0.4, 0.5) is 5.13 Å². The summed E-state index contributed by atoms with van der Waals surface area (Å²) in [6, 6.07) is 8.53. The van der Waals surface area contributed by atoms with E-state index in [1.165, 1.54) is 41.5 Å². The van der Waals surface area contributed by atoms with Gasteiger partial charge >= 0.3 is 0 Å². The first kappa shape index (κ1) is 17.4. The van der Waals surface area contributed by atoms with Crippen LogP contribution in [0.1, 0.15) is 56.5 Å². The normalized spacial score (nSPS) is 16.0. The third kappa shape index (κ3) is 4.36. The molecule has 0 spiro atoms. The van der Waals surface area contributed by atoms with Gasteiger partial charge in [0.2, 0.25) is 5.13 Å². The van der Waals surface area contributed by atoms with E-state index in [-0.39, 0.29) is 16.4 Å². The fraction of sp³-hybridized carbons (Fsp3) is 0.500. The lowest BCUT2D eigenvalue weighted by molar-refractivity contribution is 0.0994. The van der Waals surface area contributed by atoms with Gasteiger partial charge in [0.05, 0.1) is 5.25 Å². The van der Waals surface area contributed by atoms with E-state index < -0.39 is 0 Å². The summed E-state index contributed by atoms with van der Waals surface area (Å²) in [5.74, 6) is 0.132. The largest absolute Gasteiger partial charge is 0.357 e. The van der Waals surface area contributed by atoms with Gasteiger partial charge in [-0.2, -0.15) is 0 Å². The number of carbonyl (C=O) groups is 1. The van der Waals surface area contributed by atoms with Crippen molar-refractivity contribution in [1.29, 1.82) is 0 Å². The first-order valence-corrected chi connectivity index (χ1v) is 9.94. The molecule has 0 radical (unpaired) electrons. The second-order valence-electron chi connectivity index (χ2n) is 7.24. The van der Waals surface area contributed by atoms with Crippen LogP contribution in [0.5, 0.6) is 0 Å². The summed E-state index contributed by atoms with van der Waals surface area (Å²) in [5, 5.41) is 12.3. The van der Waals surface area contributed by atoms with Crippen LogP contribution in [-0.4, -0.2) is 27.3 Å². The maximum atomic E-state index is 12.6. The van der Waals surface area contributed by atoms with Crippen molar-refractivity contribution in [1.82, 2.24) is 10.2 Å². The van der Waals surface area contributed by atoms with E-state index >= 15 is 0 Å². The summed E-state index contributed by atoms with van der Waals surface area (Å²) in [4.78, 5) is 12.6. The molecule has 0 bridgehead atoms. The number of ketones is 1. The monoisotopic (exact) mass is 361 g/mol. The van der Waals surface area contributed by atoms with Crippen LogP contribution >= 0.6 is 23.1 Å². The maximum absolute atomic E-state index is 12.6. The summed E-state index contributed by atoms with van der Waals surface area (Å²) in [6.45, 7) is 8.45. The number of hydrogen-bond donors (Lipinski definition) is 1. The highest BCUT2D eigenvalue weighted by Crippen LogP contribution is 2.33. The number of aromatic nitrogens is 2. The Morgan fingerprint density at radius 2 is 1.92 bits per heavy atom. The summed E-state index contributed by atoms with van der Waals surface area (Å²) in [6.07, 6.45) is 2.42. The van der Waals surface area contributed by atoms with E-state index in [1.807, 2.05) is 31.2 Å². The summed E-state index contributed by atoms with van der Waals surface area (Å²) in [7, 11) is 0. The van der Waals surface area contributed by atoms with Crippen LogP contribution in [0.3, 0.4) is 0 Å². The number of nitrogens with one attached hydrogen (secondary N) is 1. The molecule has 1 aliphatic carbocycles. The lowest BCUT2D eigenvalue weighted by Gasteiger charge is -2.19. The predicted molar refractivity (Wildman–Crippen MR) is 101 cm³/mol. The fourth-order valence-corrected chi connectivity index (χ4v) is 4.34. The maximum Gasteiger partial charge on any atom is 0.206 e. The van der Waals surface area contributed by atoms with Crippen LogP contribution in [0.15, 0.2) is 28.6 Å². The van der Waals surface area contributed by atoms with Crippen molar-refractivity contribution < 1.29 is 4.79 Å². The Morgan fingerprint density at radius 1 is 1.25 bits per heavy atom. The van der Waals surface area contributed by atoms with Crippen molar-refractivity contribution in [2.24, 2.45) is 0 Å². The van der Waals surface area contributed by atoms with Gasteiger partial charge in [0.1, 0.15) is 0 Å². The third-order valence-electron chi connectivity index (χ3n) is 3.99. The number of nitrogens with zero attached hydrogens (tertiary/aromatic N) is 2. The number of anilines is 1. The molecule has 1 fully saturated rings. The molecular weight excluding hydrogens is 338 g/mol. The van der Waals surface area contributed by atoms with Crippen LogP contribution in [0.25, 0.3) is 0 Å². The highest BCUT2D eigenvalue weighted by atomic mass is 32.2. The minimum atomic E-state index is -0.174. The zero-order valence-electron chi connectivity index (χ0n) is 14.5. The average Bonchev–Trinajstić information content (AvgIpc) is 3.24. The number of hydrogen-bond acceptors (Lipinski definition) is 6. The zero-order valence-corrected chi connectivity index (χ0v) is 16.1. The lowest BCUT2D eigenvalue weighted by Crippen LogP contribution is -2.15. The minimum absolute atomic E-state index is 0.0967. The third-order valence-corrected chi connectivity index (χ3v) is 6.03. The molecule has 4 nitrogen and oxygen atoms in total. The molecule has 0 aliphatic heterocycles. The molecule has 1 heterocycles. The van der Waals surface area contributed by atoms with Crippen molar-refractivity contribution in [2.45, 2.75) is 61.6 Å². The number of Topliss-reactive ketones (excluding diaryl/α,β-unsaturated/α-hetero) is 1. The number of thioether (sulfide) groups is 1. The SMILES string of the molecule is C[C@H](Sc1nnc(NC2CC2)s1)C(=O)c1ccc(C(C)(C)C)cc1. The first-order chi connectivity index (χ1) is 11.3. The molecular formula is C18H23N3OS2. The van der Waals surface area contributed by atoms with E-state index in [2.05, 4.69) is 36.3 Å². The molecule has 24 heavy (non-hydrogen) atoms. The number of carbonyl (C=O) groups excluding carboxylic acids is 1. The Labute approximate surface area is 151 Å². The van der Waals surface area contributed by atoms with E-state index in [4.69, 9.17) is 0 Å². The Morgan fingerprint density at radius 3 is 2.50 bits per heavy atom. The molecule has 3 rings (SSSR count). The molecule has 1 atom stereocenters. The topological polar surface area (TPSA) is 54.9 Å². The summed E-state index contributed by atoms with van der Waals surface area (Å²) in [5.41, 5.74) is 2.09. The highest BCUT2D eigenvalue weighted by Gasteiger charge is 2.24. The van der Waals surface area contributed by atoms with Crippen LogP contribution < -0.4 is 5.32 Å². The molecule has 128 valence electrons. The van der Waals surface area contributed by atoms with Gasteiger partial charge in [0.15, 0.2) is 10.1 Å². The van der Waals surface area contributed by atoms with Gasteiger partial charge in [-0.05, 0) is 30.7 Å². The van der Waals surface area contributed by atoms with Gasteiger partial charge in [0, 0.05) is 11.6 Å². The second-order valence-corrected chi connectivity index (χ2v) is 9.81. The molecule has 1 saturated carbocycles. The zero-order chi connectivity index (χ0) is 17.3. The van der Waals surface area contributed by atoms with Gasteiger partial charge in [-0.15, -0.1) is 10.2 Å². The first-order valence-electron chi connectivity index (χ1n) is 8.24. The van der Waals surface area contributed by atoms with Gasteiger partial charge in [-0.1, -0.05) is 68.1 Å². The van der Waals surface area contributed by atoms with Crippen molar-refractivity contribution >= 4 is 34.0 Å². The Balaban J connectivity index is 1.62. The van der Waals surface area contributed by atoms with Gasteiger partial charge in [0.25, 0.3) is 0 Å². The summed E-state index contributed by atoms with van der Waals surface area (Å²) < 4.78 is 0.838. The molecule has 1 aromatic carbocycles. The fourth-order valence-electron chi connectivity index (χ4n) is 2.29. The molecule has 1 aliphatic rings.